The molecule has 22 heavy (non-hydrogen) atoms. The van der Waals surface area contributed by atoms with E-state index >= 15 is 0 Å². The van der Waals surface area contributed by atoms with Gasteiger partial charge in [0.05, 0.1) is 11.3 Å². The van der Waals surface area contributed by atoms with Crippen LogP contribution in [0.3, 0.4) is 0 Å². The zero-order valence-corrected chi connectivity index (χ0v) is 11.7. The Labute approximate surface area is 126 Å². The van der Waals surface area contributed by atoms with E-state index in [9.17, 15) is 19.5 Å². The van der Waals surface area contributed by atoms with Gasteiger partial charge in [0.25, 0.3) is 0 Å². The van der Waals surface area contributed by atoms with Crippen molar-refractivity contribution in [3.05, 3.63) is 53.4 Å². The highest BCUT2D eigenvalue weighted by Gasteiger charge is 2.26. The van der Waals surface area contributed by atoms with Crippen molar-refractivity contribution in [2.24, 2.45) is 0 Å². The highest BCUT2D eigenvalue weighted by Crippen LogP contribution is 2.20. The molecule has 0 atom stereocenters. The van der Waals surface area contributed by atoms with E-state index in [1.165, 1.54) is 18.3 Å². The molecule has 1 aromatic rings. The van der Waals surface area contributed by atoms with Crippen molar-refractivity contribution in [3.8, 4) is 0 Å². The molecule has 6 nitrogen and oxygen atoms in total. The lowest BCUT2D eigenvalue weighted by molar-refractivity contribution is -0.124. The molecule has 0 spiro atoms. The van der Waals surface area contributed by atoms with Crippen molar-refractivity contribution < 1.29 is 24.6 Å². The van der Waals surface area contributed by atoms with Gasteiger partial charge < -0.3 is 15.5 Å². The Morgan fingerprint density at radius 2 is 1.73 bits per heavy atom. The van der Waals surface area contributed by atoms with Gasteiger partial charge in [-0.05, 0) is 24.6 Å². The molecule has 1 saturated carbocycles. The van der Waals surface area contributed by atoms with Gasteiger partial charge in [0.2, 0.25) is 0 Å². The van der Waals surface area contributed by atoms with Crippen molar-refractivity contribution in [1.29, 1.82) is 0 Å². The fourth-order valence-corrected chi connectivity index (χ4v) is 2.19. The summed E-state index contributed by atoms with van der Waals surface area (Å²) in [5.41, 5.74) is 0.227. The van der Waals surface area contributed by atoms with Crippen molar-refractivity contribution in [2.75, 3.05) is 5.32 Å². The van der Waals surface area contributed by atoms with E-state index in [1.54, 1.807) is 18.2 Å². The normalized spacial score (nSPS) is 15.2. The highest BCUT2D eigenvalue weighted by atomic mass is 16.4. The van der Waals surface area contributed by atoms with Crippen molar-refractivity contribution in [2.45, 2.75) is 19.3 Å². The molecule has 1 aliphatic rings. The lowest BCUT2D eigenvalue weighted by Crippen LogP contribution is -2.20. The summed E-state index contributed by atoms with van der Waals surface area (Å²) in [5, 5.41) is 21.6. The first-order valence-electron chi connectivity index (χ1n) is 6.75. The molecule has 114 valence electrons. The number of aliphatic hydroxyl groups is 1. The number of carbonyl (C=O) groups excluding carboxylic acids is 2. The third-order valence-electron chi connectivity index (χ3n) is 3.26. The van der Waals surface area contributed by atoms with Gasteiger partial charge in [-0.3, -0.25) is 9.59 Å². The maximum atomic E-state index is 11.7. The minimum absolute atomic E-state index is 0.0733. The summed E-state index contributed by atoms with van der Waals surface area (Å²) < 4.78 is 0. The summed E-state index contributed by atoms with van der Waals surface area (Å²) in [5.74, 6) is -2.24. The van der Waals surface area contributed by atoms with Crippen LogP contribution in [-0.4, -0.2) is 27.7 Å². The summed E-state index contributed by atoms with van der Waals surface area (Å²) in [6, 6.07) is 6.26. The van der Waals surface area contributed by atoms with Crippen LogP contribution in [-0.2, 0) is 9.59 Å². The van der Waals surface area contributed by atoms with Gasteiger partial charge in [-0.15, -0.1) is 0 Å². The van der Waals surface area contributed by atoms with E-state index in [2.05, 4.69) is 5.32 Å². The van der Waals surface area contributed by atoms with Crippen LogP contribution in [0.2, 0.25) is 0 Å². The summed E-state index contributed by atoms with van der Waals surface area (Å²) >= 11 is 0. The Hall–Kier alpha value is -2.89. The van der Waals surface area contributed by atoms with Crippen LogP contribution < -0.4 is 5.32 Å². The van der Waals surface area contributed by atoms with Crippen LogP contribution >= 0.6 is 0 Å². The van der Waals surface area contributed by atoms with E-state index < -0.39 is 11.7 Å². The minimum Gasteiger partial charge on any atom is -0.507 e. The number of benzene rings is 1. The molecular weight excluding hydrogens is 286 g/mol. The number of hydrogen-bond acceptors (Lipinski definition) is 5. The minimum atomic E-state index is -1.09. The summed E-state index contributed by atoms with van der Waals surface area (Å²) in [6.45, 7) is 0. The maximum Gasteiger partial charge on any atom is 0.337 e. The van der Waals surface area contributed by atoms with Gasteiger partial charge in [-0.1, -0.05) is 12.1 Å². The Kier molecular flexibility index (Phi) is 4.73. The topological polar surface area (TPSA) is 104 Å². The second-order valence-electron chi connectivity index (χ2n) is 4.79. The summed E-state index contributed by atoms with van der Waals surface area (Å²) in [4.78, 5) is 34.3. The molecule has 0 radical (unpaired) electrons. The predicted octanol–water partition coefficient (Wildman–Crippen LogP) is 2.44. The number of carbonyl (C=O) groups is 3. The number of aliphatic hydroxyl groups excluding tert-OH is 1. The lowest BCUT2D eigenvalue weighted by atomic mass is 9.91. The predicted molar refractivity (Wildman–Crippen MR) is 79.7 cm³/mol. The third kappa shape index (κ3) is 3.41. The number of anilines is 1. The smallest absolute Gasteiger partial charge is 0.337 e. The van der Waals surface area contributed by atoms with Crippen LogP contribution in [0.4, 0.5) is 5.69 Å². The number of aromatic carboxylic acids is 1. The molecule has 1 fully saturated rings. The lowest BCUT2D eigenvalue weighted by Gasteiger charge is -2.12. The number of para-hydroxylation sites is 1. The Morgan fingerprint density at radius 3 is 2.36 bits per heavy atom. The second kappa shape index (κ2) is 6.71. The number of ketones is 2. The molecule has 0 amide bonds. The van der Waals surface area contributed by atoms with Gasteiger partial charge in [-0.2, -0.15) is 0 Å². The van der Waals surface area contributed by atoms with Gasteiger partial charge in [-0.25, -0.2) is 4.79 Å². The van der Waals surface area contributed by atoms with E-state index in [0.29, 0.717) is 12.1 Å². The number of nitrogens with one attached hydrogen (secondary N) is 1. The molecule has 0 saturated heterocycles. The molecule has 6 heteroatoms. The molecular formula is C16H15NO5. The maximum absolute atomic E-state index is 11.7. The quantitative estimate of drug-likeness (QED) is 0.448. The molecule has 0 bridgehead atoms. The Morgan fingerprint density at radius 1 is 1.09 bits per heavy atom. The monoisotopic (exact) mass is 301 g/mol. The first kappa shape index (κ1) is 15.5. The average Bonchev–Trinajstić information content (AvgIpc) is 2.47. The zero-order chi connectivity index (χ0) is 16.1. The van der Waals surface area contributed by atoms with E-state index in [-0.39, 0.29) is 35.5 Å². The molecule has 2 rings (SSSR count). The number of rotatable bonds is 4. The average molecular weight is 301 g/mol. The van der Waals surface area contributed by atoms with Gasteiger partial charge in [0.1, 0.15) is 11.3 Å². The number of Topliss-reactive ketones (excluding diaryl/α,β-unsaturated/α-hetero) is 2. The first-order chi connectivity index (χ1) is 10.5. The van der Waals surface area contributed by atoms with Crippen molar-refractivity contribution in [1.82, 2.24) is 0 Å². The highest BCUT2D eigenvalue weighted by molar-refractivity contribution is 6.22. The fourth-order valence-electron chi connectivity index (χ4n) is 2.19. The molecule has 0 heterocycles. The molecule has 1 aromatic carbocycles. The summed E-state index contributed by atoms with van der Waals surface area (Å²) in [7, 11) is 0. The van der Waals surface area contributed by atoms with Crippen molar-refractivity contribution in [3.63, 3.8) is 0 Å². The fraction of sp³-hybridized carbons (Fsp3) is 0.188. The van der Waals surface area contributed by atoms with Crippen LogP contribution in [0.1, 0.15) is 29.6 Å². The molecule has 3 N–H and O–H groups in total. The molecule has 0 aromatic heterocycles. The van der Waals surface area contributed by atoms with Gasteiger partial charge in [0.15, 0.2) is 11.6 Å². The van der Waals surface area contributed by atoms with Crippen LogP contribution in [0.5, 0.6) is 0 Å². The Bertz CT molecular complexity index is 670. The molecule has 0 aliphatic heterocycles. The Balaban J connectivity index is 2.17. The van der Waals surface area contributed by atoms with E-state index in [4.69, 9.17) is 5.11 Å². The van der Waals surface area contributed by atoms with E-state index in [0.717, 1.165) is 0 Å². The molecule has 1 aliphatic carbocycles. The second-order valence-corrected chi connectivity index (χ2v) is 4.79. The zero-order valence-electron chi connectivity index (χ0n) is 11.7. The number of hydrogen-bond donors (Lipinski definition) is 3. The van der Waals surface area contributed by atoms with Gasteiger partial charge >= 0.3 is 5.97 Å². The third-order valence-corrected chi connectivity index (χ3v) is 3.26. The van der Waals surface area contributed by atoms with E-state index in [1.807, 2.05) is 0 Å². The first-order valence-corrected chi connectivity index (χ1v) is 6.75. The number of carboxylic acids is 1. The number of allylic oxidation sites excluding steroid dienone is 2. The van der Waals surface area contributed by atoms with Crippen molar-refractivity contribution >= 4 is 23.2 Å². The van der Waals surface area contributed by atoms with Crippen LogP contribution in [0, 0.1) is 0 Å². The largest absolute Gasteiger partial charge is 0.507 e. The SMILES string of the molecule is O=C1CCCC(=O)C1=C(O)C=CNc1ccccc1C(=O)O. The summed E-state index contributed by atoms with van der Waals surface area (Å²) in [6.07, 6.45) is 3.46. The van der Waals surface area contributed by atoms with Crippen LogP contribution in [0.15, 0.2) is 47.9 Å². The van der Waals surface area contributed by atoms with Crippen LogP contribution in [0.25, 0.3) is 0 Å². The standard InChI is InChI=1S/C16H15NO5/c18-12-6-3-7-13(19)15(12)14(20)8-9-17-11-5-2-1-4-10(11)16(21)22/h1-2,4-5,8-9,17,20H,3,6-7H2,(H,21,22). The van der Waals surface area contributed by atoms with Gasteiger partial charge in [0, 0.05) is 19.0 Å². The number of carboxylic acid groups (broad SMARTS) is 1. The molecule has 0 unspecified atom stereocenters.